The Morgan fingerprint density at radius 2 is 1.84 bits per heavy atom. The monoisotopic (exact) mass is 256 g/mol. The standard InChI is InChI=1S/C16H20N2O/c1-11-5-6-14(7-12(11)2)9-16(19)10-15-8-13(3)17-18(15)4/h5-8H,9-10H2,1-4H3. The van der Waals surface area contributed by atoms with Crippen LogP contribution in [0.3, 0.4) is 0 Å². The van der Waals surface area contributed by atoms with E-state index in [0.717, 1.165) is 17.0 Å². The molecule has 0 fully saturated rings. The zero-order valence-corrected chi connectivity index (χ0v) is 12.0. The molecule has 0 spiro atoms. The largest absolute Gasteiger partial charge is 0.299 e. The van der Waals surface area contributed by atoms with Gasteiger partial charge in [-0.1, -0.05) is 18.2 Å². The van der Waals surface area contributed by atoms with Crippen LogP contribution < -0.4 is 0 Å². The minimum absolute atomic E-state index is 0.228. The number of aromatic nitrogens is 2. The molecule has 2 aromatic rings. The maximum absolute atomic E-state index is 12.1. The van der Waals surface area contributed by atoms with Gasteiger partial charge in [-0.2, -0.15) is 5.10 Å². The normalized spacial score (nSPS) is 10.7. The minimum Gasteiger partial charge on any atom is -0.299 e. The molecule has 0 radical (unpaired) electrons. The summed E-state index contributed by atoms with van der Waals surface area (Å²) in [5.74, 6) is 0.228. The number of ketones is 1. The summed E-state index contributed by atoms with van der Waals surface area (Å²) in [6.07, 6.45) is 0.940. The van der Waals surface area contributed by atoms with Gasteiger partial charge in [-0.3, -0.25) is 9.48 Å². The molecule has 0 aliphatic rings. The molecule has 1 aromatic carbocycles. The first-order valence-electron chi connectivity index (χ1n) is 6.53. The van der Waals surface area contributed by atoms with Crippen molar-refractivity contribution in [3.05, 3.63) is 52.3 Å². The molecule has 100 valence electrons. The van der Waals surface area contributed by atoms with E-state index in [4.69, 9.17) is 0 Å². The van der Waals surface area contributed by atoms with Crippen molar-refractivity contribution in [3.8, 4) is 0 Å². The Kier molecular flexibility index (Phi) is 3.84. The van der Waals surface area contributed by atoms with Gasteiger partial charge in [0.05, 0.1) is 5.69 Å². The van der Waals surface area contributed by atoms with Crippen LogP contribution in [-0.4, -0.2) is 15.6 Å². The van der Waals surface area contributed by atoms with Crippen molar-refractivity contribution in [2.45, 2.75) is 33.6 Å². The molecule has 0 unspecified atom stereocenters. The van der Waals surface area contributed by atoms with Crippen LogP contribution in [0.25, 0.3) is 0 Å². The predicted octanol–water partition coefficient (Wildman–Crippen LogP) is 2.70. The molecule has 0 bridgehead atoms. The first-order chi connectivity index (χ1) is 8.95. The summed E-state index contributed by atoms with van der Waals surface area (Å²) in [6, 6.07) is 8.18. The second kappa shape index (κ2) is 5.39. The van der Waals surface area contributed by atoms with E-state index in [1.165, 1.54) is 11.1 Å². The van der Waals surface area contributed by atoms with Gasteiger partial charge in [-0.25, -0.2) is 0 Å². The summed E-state index contributed by atoms with van der Waals surface area (Å²) >= 11 is 0. The number of benzene rings is 1. The zero-order chi connectivity index (χ0) is 14.0. The van der Waals surface area contributed by atoms with E-state index in [1.54, 1.807) is 4.68 Å². The molecule has 3 heteroatoms. The maximum Gasteiger partial charge on any atom is 0.143 e. The van der Waals surface area contributed by atoms with Crippen LogP contribution in [0.1, 0.15) is 28.1 Å². The number of hydrogen-bond acceptors (Lipinski definition) is 2. The van der Waals surface area contributed by atoms with E-state index in [2.05, 4.69) is 31.1 Å². The average Bonchev–Trinajstić information content (AvgIpc) is 2.62. The van der Waals surface area contributed by atoms with E-state index in [9.17, 15) is 4.79 Å². The lowest BCUT2D eigenvalue weighted by Crippen LogP contribution is -2.10. The van der Waals surface area contributed by atoms with Gasteiger partial charge in [0.1, 0.15) is 5.78 Å². The summed E-state index contributed by atoms with van der Waals surface area (Å²) in [5, 5.41) is 4.26. The van der Waals surface area contributed by atoms with Crippen LogP contribution in [0, 0.1) is 20.8 Å². The molecule has 3 nitrogen and oxygen atoms in total. The van der Waals surface area contributed by atoms with E-state index < -0.39 is 0 Å². The van der Waals surface area contributed by atoms with Gasteiger partial charge in [-0.05, 0) is 43.5 Å². The third-order valence-electron chi connectivity index (χ3n) is 3.45. The van der Waals surface area contributed by atoms with Crippen LogP contribution in [0.2, 0.25) is 0 Å². The van der Waals surface area contributed by atoms with Crippen LogP contribution in [0.15, 0.2) is 24.3 Å². The van der Waals surface area contributed by atoms with Crippen molar-refractivity contribution in [1.29, 1.82) is 0 Å². The quantitative estimate of drug-likeness (QED) is 0.843. The molecule has 1 heterocycles. The van der Waals surface area contributed by atoms with Crippen molar-refractivity contribution in [1.82, 2.24) is 9.78 Å². The second-order valence-corrected chi connectivity index (χ2v) is 5.21. The highest BCUT2D eigenvalue weighted by molar-refractivity contribution is 5.82. The molecule has 0 saturated carbocycles. The van der Waals surface area contributed by atoms with Gasteiger partial charge in [-0.15, -0.1) is 0 Å². The Hall–Kier alpha value is -1.90. The van der Waals surface area contributed by atoms with Crippen LogP contribution in [0.4, 0.5) is 0 Å². The fraction of sp³-hybridized carbons (Fsp3) is 0.375. The molecule has 0 N–H and O–H groups in total. The number of rotatable bonds is 4. The fourth-order valence-corrected chi connectivity index (χ4v) is 2.24. The SMILES string of the molecule is Cc1cc(CC(=O)Cc2ccc(C)c(C)c2)n(C)n1. The minimum atomic E-state index is 0.228. The molecule has 0 saturated heterocycles. The number of hydrogen-bond donors (Lipinski definition) is 0. The Morgan fingerprint density at radius 3 is 2.42 bits per heavy atom. The maximum atomic E-state index is 12.1. The first-order valence-corrected chi connectivity index (χ1v) is 6.53. The smallest absolute Gasteiger partial charge is 0.143 e. The molecule has 0 aliphatic carbocycles. The molecule has 0 atom stereocenters. The van der Waals surface area contributed by atoms with Crippen molar-refractivity contribution >= 4 is 5.78 Å². The number of Topliss-reactive ketones (excluding diaryl/α,β-unsaturated/α-hetero) is 1. The summed E-state index contributed by atoms with van der Waals surface area (Å²) in [6.45, 7) is 6.10. The Balaban J connectivity index is 2.05. The molecule has 0 amide bonds. The van der Waals surface area contributed by atoms with Gasteiger partial charge in [0.2, 0.25) is 0 Å². The summed E-state index contributed by atoms with van der Waals surface area (Å²) in [7, 11) is 1.88. The molecule has 0 aliphatic heterocycles. The summed E-state index contributed by atoms with van der Waals surface area (Å²) < 4.78 is 1.79. The lowest BCUT2D eigenvalue weighted by molar-refractivity contribution is -0.117. The van der Waals surface area contributed by atoms with E-state index >= 15 is 0 Å². The Morgan fingerprint density at radius 1 is 1.11 bits per heavy atom. The second-order valence-electron chi connectivity index (χ2n) is 5.21. The third-order valence-corrected chi connectivity index (χ3v) is 3.45. The number of aryl methyl sites for hydroxylation is 4. The topological polar surface area (TPSA) is 34.9 Å². The number of nitrogens with zero attached hydrogens (tertiary/aromatic N) is 2. The summed E-state index contributed by atoms with van der Waals surface area (Å²) in [5.41, 5.74) is 5.52. The van der Waals surface area contributed by atoms with E-state index in [1.807, 2.05) is 26.1 Å². The molecular weight excluding hydrogens is 236 g/mol. The van der Waals surface area contributed by atoms with Gasteiger partial charge < -0.3 is 0 Å². The lowest BCUT2D eigenvalue weighted by Gasteiger charge is -2.05. The zero-order valence-electron chi connectivity index (χ0n) is 12.0. The lowest BCUT2D eigenvalue weighted by atomic mass is 10.0. The summed E-state index contributed by atoms with van der Waals surface area (Å²) in [4.78, 5) is 12.1. The number of carbonyl (C=O) groups is 1. The van der Waals surface area contributed by atoms with Crippen molar-refractivity contribution in [3.63, 3.8) is 0 Å². The number of carbonyl (C=O) groups excluding carboxylic acids is 1. The molecular formula is C16H20N2O. The van der Waals surface area contributed by atoms with Gasteiger partial charge >= 0.3 is 0 Å². The van der Waals surface area contributed by atoms with Gasteiger partial charge in [0.25, 0.3) is 0 Å². The van der Waals surface area contributed by atoms with Crippen LogP contribution in [0.5, 0.6) is 0 Å². The molecule has 19 heavy (non-hydrogen) atoms. The first kappa shape index (κ1) is 13.5. The highest BCUT2D eigenvalue weighted by atomic mass is 16.1. The average molecular weight is 256 g/mol. The molecule has 2 rings (SSSR count). The van der Waals surface area contributed by atoms with Crippen molar-refractivity contribution < 1.29 is 4.79 Å². The van der Waals surface area contributed by atoms with E-state index in [0.29, 0.717) is 12.8 Å². The van der Waals surface area contributed by atoms with Crippen molar-refractivity contribution in [2.24, 2.45) is 7.05 Å². The molecule has 1 aromatic heterocycles. The Bertz CT molecular complexity index is 611. The van der Waals surface area contributed by atoms with Crippen molar-refractivity contribution in [2.75, 3.05) is 0 Å². The van der Waals surface area contributed by atoms with Gasteiger partial charge in [0.15, 0.2) is 0 Å². The Labute approximate surface area is 114 Å². The highest BCUT2D eigenvalue weighted by Crippen LogP contribution is 2.12. The third kappa shape index (κ3) is 3.31. The predicted molar refractivity (Wildman–Crippen MR) is 76.3 cm³/mol. The van der Waals surface area contributed by atoms with Gasteiger partial charge in [0, 0.05) is 25.6 Å². The van der Waals surface area contributed by atoms with Crippen LogP contribution in [-0.2, 0) is 24.7 Å². The highest BCUT2D eigenvalue weighted by Gasteiger charge is 2.09. The fourth-order valence-electron chi connectivity index (χ4n) is 2.24. The van der Waals surface area contributed by atoms with Crippen LogP contribution >= 0.6 is 0 Å². The van der Waals surface area contributed by atoms with E-state index in [-0.39, 0.29) is 5.78 Å².